The summed E-state index contributed by atoms with van der Waals surface area (Å²) in [5.41, 5.74) is 2.76. The molecule has 0 aliphatic carbocycles. The largest absolute Gasteiger partial charge is 0.496 e. The van der Waals surface area contributed by atoms with E-state index in [1.807, 2.05) is 31.2 Å². The van der Waals surface area contributed by atoms with Crippen LogP contribution in [0.2, 0.25) is 0 Å². The maximum absolute atomic E-state index is 11.9. The third-order valence-corrected chi connectivity index (χ3v) is 3.37. The minimum Gasteiger partial charge on any atom is -0.496 e. The van der Waals surface area contributed by atoms with Gasteiger partial charge in [-0.2, -0.15) is 0 Å². The Morgan fingerprint density at radius 3 is 2.57 bits per heavy atom. The lowest BCUT2D eigenvalue weighted by Gasteiger charge is -2.09. The minimum absolute atomic E-state index is 0.222. The molecule has 110 valence electrons. The van der Waals surface area contributed by atoms with Crippen molar-refractivity contribution in [1.82, 2.24) is 4.98 Å². The fourth-order valence-corrected chi connectivity index (χ4v) is 2.42. The molecule has 1 N–H and O–H groups in total. The molecule has 0 bridgehead atoms. The van der Waals surface area contributed by atoms with E-state index in [0.717, 1.165) is 11.1 Å². The Morgan fingerprint density at radius 1 is 1.29 bits per heavy atom. The van der Waals surface area contributed by atoms with Crippen LogP contribution in [0.25, 0.3) is 11.3 Å². The van der Waals surface area contributed by atoms with E-state index in [2.05, 4.69) is 4.98 Å². The van der Waals surface area contributed by atoms with Crippen molar-refractivity contribution in [1.29, 1.82) is 0 Å². The normalized spacial score (nSPS) is 10.2. The zero-order valence-electron chi connectivity index (χ0n) is 12.2. The second-order valence-corrected chi connectivity index (χ2v) is 4.43. The van der Waals surface area contributed by atoms with Gasteiger partial charge in [0.1, 0.15) is 5.75 Å². The first-order chi connectivity index (χ1) is 10.2. The van der Waals surface area contributed by atoms with Gasteiger partial charge in [0.05, 0.1) is 31.2 Å². The van der Waals surface area contributed by atoms with Crippen LogP contribution in [0.4, 0.5) is 0 Å². The molecule has 1 aromatic carbocycles. The first kappa shape index (κ1) is 14.8. The summed E-state index contributed by atoms with van der Waals surface area (Å²) in [5, 5.41) is 0. The van der Waals surface area contributed by atoms with E-state index in [1.54, 1.807) is 7.11 Å². The Bertz CT molecular complexity index is 673. The zero-order valence-corrected chi connectivity index (χ0v) is 12.2. The number of esters is 1. The van der Waals surface area contributed by atoms with Crippen molar-refractivity contribution in [3.8, 4) is 17.0 Å². The average Bonchev–Trinajstić information content (AvgIpc) is 2.92. The van der Waals surface area contributed by atoms with E-state index in [0.29, 0.717) is 24.2 Å². The van der Waals surface area contributed by atoms with Crippen LogP contribution in [0, 0.1) is 0 Å². The SMILES string of the molecule is CCc1c(-c2ccccc2OC)[nH]c(C=O)c1C(=O)OC. The molecule has 0 fully saturated rings. The van der Waals surface area contributed by atoms with Gasteiger partial charge in [0, 0.05) is 5.56 Å². The molecule has 5 heteroatoms. The van der Waals surface area contributed by atoms with Crippen molar-refractivity contribution in [2.24, 2.45) is 0 Å². The van der Waals surface area contributed by atoms with Crippen molar-refractivity contribution in [2.75, 3.05) is 14.2 Å². The first-order valence-electron chi connectivity index (χ1n) is 6.59. The number of para-hydroxylation sites is 1. The number of ether oxygens (including phenoxy) is 2. The summed E-state index contributed by atoms with van der Waals surface area (Å²) in [4.78, 5) is 26.2. The van der Waals surface area contributed by atoms with E-state index >= 15 is 0 Å². The molecule has 0 saturated heterocycles. The Balaban J connectivity index is 2.72. The van der Waals surface area contributed by atoms with Gasteiger partial charge < -0.3 is 14.5 Å². The Hall–Kier alpha value is -2.56. The topological polar surface area (TPSA) is 68.4 Å². The van der Waals surface area contributed by atoms with Gasteiger partial charge in [-0.05, 0) is 24.1 Å². The molecule has 0 aliphatic rings. The summed E-state index contributed by atoms with van der Waals surface area (Å²) in [6.07, 6.45) is 1.21. The molecule has 2 rings (SSSR count). The fourth-order valence-electron chi connectivity index (χ4n) is 2.42. The molecule has 1 heterocycles. The van der Waals surface area contributed by atoms with Gasteiger partial charge >= 0.3 is 5.97 Å². The van der Waals surface area contributed by atoms with Crippen LogP contribution < -0.4 is 4.74 Å². The Kier molecular flexibility index (Phi) is 4.42. The summed E-state index contributed by atoms with van der Waals surface area (Å²) in [5.74, 6) is 0.147. The molecule has 1 aromatic heterocycles. The number of H-pyrrole nitrogens is 1. The standard InChI is InChI=1S/C16H17NO4/c1-4-10-14(16(19)21-3)12(9-18)17-15(10)11-7-5-6-8-13(11)20-2/h5-9,17H,4H2,1-3H3. The van der Waals surface area contributed by atoms with Gasteiger partial charge in [0.2, 0.25) is 0 Å². The van der Waals surface area contributed by atoms with Gasteiger partial charge in [0.15, 0.2) is 6.29 Å². The maximum Gasteiger partial charge on any atom is 0.340 e. The smallest absolute Gasteiger partial charge is 0.340 e. The molecule has 0 amide bonds. The van der Waals surface area contributed by atoms with E-state index in [-0.39, 0.29) is 11.3 Å². The van der Waals surface area contributed by atoms with Crippen LogP contribution in [0.1, 0.15) is 33.3 Å². The van der Waals surface area contributed by atoms with Gasteiger partial charge in [-0.25, -0.2) is 4.79 Å². The number of carbonyl (C=O) groups is 2. The van der Waals surface area contributed by atoms with Crippen LogP contribution in [0.5, 0.6) is 5.75 Å². The highest BCUT2D eigenvalue weighted by Gasteiger charge is 2.24. The van der Waals surface area contributed by atoms with Crippen LogP contribution in [-0.2, 0) is 11.2 Å². The number of nitrogens with one attached hydrogen (secondary N) is 1. The van der Waals surface area contributed by atoms with Crippen molar-refractivity contribution in [3.05, 3.63) is 41.1 Å². The first-order valence-corrected chi connectivity index (χ1v) is 6.59. The van der Waals surface area contributed by atoms with Gasteiger partial charge in [-0.1, -0.05) is 19.1 Å². The summed E-state index contributed by atoms with van der Waals surface area (Å²) in [7, 11) is 2.88. The number of benzene rings is 1. The second-order valence-electron chi connectivity index (χ2n) is 4.43. The Labute approximate surface area is 122 Å². The second kappa shape index (κ2) is 6.26. The zero-order chi connectivity index (χ0) is 15.4. The molecule has 0 atom stereocenters. The number of hydrogen-bond donors (Lipinski definition) is 1. The summed E-state index contributed by atoms with van der Waals surface area (Å²) >= 11 is 0. The van der Waals surface area contributed by atoms with Gasteiger partial charge in [-0.3, -0.25) is 4.79 Å². The van der Waals surface area contributed by atoms with E-state index in [1.165, 1.54) is 7.11 Å². The number of aromatic amines is 1. The molecule has 21 heavy (non-hydrogen) atoms. The van der Waals surface area contributed by atoms with Crippen LogP contribution in [0.15, 0.2) is 24.3 Å². The number of aldehydes is 1. The number of carbonyl (C=O) groups excluding carboxylic acids is 2. The van der Waals surface area contributed by atoms with Gasteiger partial charge in [-0.15, -0.1) is 0 Å². The number of rotatable bonds is 5. The quantitative estimate of drug-likeness (QED) is 0.678. The van der Waals surface area contributed by atoms with E-state index < -0.39 is 5.97 Å². The number of aromatic nitrogens is 1. The number of hydrogen-bond acceptors (Lipinski definition) is 4. The average molecular weight is 287 g/mol. The highest BCUT2D eigenvalue weighted by molar-refractivity contribution is 6.01. The molecular formula is C16H17NO4. The van der Waals surface area contributed by atoms with Crippen LogP contribution >= 0.6 is 0 Å². The van der Waals surface area contributed by atoms with E-state index in [4.69, 9.17) is 9.47 Å². The highest BCUT2D eigenvalue weighted by Crippen LogP contribution is 2.34. The lowest BCUT2D eigenvalue weighted by atomic mass is 10.0. The van der Waals surface area contributed by atoms with Crippen LogP contribution in [-0.4, -0.2) is 31.5 Å². The fraction of sp³-hybridized carbons (Fsp3) is 0.250. The molecular weight excluding hydrogens is 270 g/mol. The predicted octanol–water partition coefficient (Wildman–Crippen LogP) is 2.85. The maximum atomic E-state index is 11.9. The molecule has 2 aromatic rings. The van der Waals surface area contributed by atoms with Crippen molar-refractivity contribution >= 4 is 12.3 Å². The lowest BCUT2D eigenvalue weighted by molar-refractivity contribution is 0.0597. The summed E-state index contributed by atoms with van der Waals surface area (Å²) in [6, 6.07) is 7.43. The molecule has 0 saturated carbocycles. The summed E-state index contributed by atoms with van der Waals surface area (Å²) in [6.45, 7) is 1.92. The van der Waals surface area contributed by atoms with Crippen LogP contribution in [0.3, 0.4) is 0 Å². The predicted molar refractivity (Wildman–Crippen MR) is 78.9 cm³/mol. The number of methoxy groups -OCH3 is 2. The van der Waals surface area contributed by atoms with Crippen molar-refractivity contribution in [2.45, 2.75) is 13.3 Å². The molecule has 0 radical (unpaired) electrons. The van der Waals surface area contributed by atoms with Crippen molar-refractivity contribution < 1.29 is 19.1 Å². The molecule has 0 unspecified atom stereocenters. The molecule has 0 aliphatic heterocycles. The highest BCUT2D eigenvalue weighted by atomic mass is 16.5. The molecule has 5 nitrogen and oxygen atoms in total. The lowest BCUT2D eigenvalue weighted by Crippen LogP contribution is -2.06. The van der Waals surface area contributed by atoms with Crippen molar-refractivity contribution in [3.63, 3.8) is 0 Å². The monoisotopic (exact) mass is 287 g/mol. The third kappa shape index (κ3) is 2.54. The Morgan fingerprint density at radius 2 is 2.00 bits per heavy atom. The summed E-state index contributed by atoms with van der Waals surface area (Å²) < 4.78 is 10.1. The minimum atomic E-state index is -0.522. The molecule has 0 spiro atoms. The van der Waals surface area contributed by atoms with E-state index in [9.17, 15) is 9.59 Å². The third-order valence-electron chi connectivity index (χ3n) is 3.37. The van der Waals surface area contributed by atoms with Gasteiger partial charge in [0.25, 0.3) is 0 Å².